The summed E-state index contributed by atoms with van der Waals surface area (Å²) in [5, 5.41) is 0. The zero-order valence-electron chi connectivity index (χ0n) is 12.2. The van der Waals surface area contributed by atoms with E-state index in [2.05, 4.69) is 26.8 Å². The van der Waals surface area contributed by atoms with E-state index >= 15 is 0 Å². The molecule has 0 bridgehead atoms. The van der Waals surface area contributed by atoms with E-state index < -0.39 is 0 Å². The van der Waals surface area contributed by atoms with Crippen molar-refractivity contribution in [3.63, 3.8) is 0 Å². The number of hydrogen-bond donors (Lipinski definition) is 0. The molecule has 1 heteroatoms. The van der Waals surface area contributed by atoms with Gasteiger partial charge in [-0.15, -0.1) is 0 Å². The van der Waals surface area contributed by atoms with Crippen molar-refractivity contribution in [3.05, 3.63) is 34.6 Å². The molecule has 0 saturated heterocycles. The van der Waals surface area contributed by atoms with Crippen LogP contribution in [0.1, 0.15) is 70.1 Å². The van der Waals surface area contributed by atoms with Crippen LogP contribution in [0.4, 0.5) is 4.39 Å². The molecular formula is C16H27F. The molecule has 1 aromatic rings. The van der Waals surface area contributed by atoms with E-state index in [4.69, 9.17) is 0 Å². The lowest BCUT2D eigenvalue weighted by molar-refractivity contribution is 0.594. The van der Waals surface area contributed by atoms with E-state index in [0.29, 0.717) is 5.92 Å². The molecule has 17 heavy (non-hydrogen) atoms. The lowest BCUT2D eigenvalue weighted by Gasteiger charge is -2.06. The maximum absolute atomic E-state index is 13.4. The first-order chi connectivity index (χ1) is 8.10. The summed E-state index contributed by atoms with van der Waals surface area (Å²) in [6, 6.07) is 3.75. The molecule has 0 N–H and O–H groups in total. The van der Waals surface area contributed by atoms with E-state index in [0.717, 1.165) is 24.0 Å². The van der Waals surface area contributed by atoms with Crippen molar-refractivity contribution in [3.8, 4) is 0 Å². The smallest absolute Gasteiger partial charge is 0.127 e. The topological polar surface area (TPSA) is 0 Å². The monoisotopic (exact) mass is 238 g/mol. The highest BCUT2D eigenvalue weighted by Gasteiger charge is 2.22. The van der Waals surface area contributed by atoms with Crippen molar-refractivity contribution < 1.29 is 4.39 Å². The highest BCUT2D eigenvalue weighted by Crippen LogP contribution is 2.34. The second-order valence-corrected chi connectivity index (χ2v) is 4.47. The molecule has 1 unspecified atom stereocenters. The fraction of sp³-hybridized carbons (Fsp3) is 0.625. The van der Waals surface area contributed by atoms with Gasteiger partial charge in [0.2, 0.25) is 0 Å². The van der Waals surface area contributed by atoms with Crippen molar-refractivity contribution in [2.75, 3.05) is 0 Å². The molecule has 1 aromatic carbocycles. The first-order valence-corrected chi connectivity index (χ1v) is 6.89. The van der Waals surface area contributed by atoms with Gasteiger partial charge < -0.3 is 0 Å². The Morgan fingerprint density at radius 3 is 2.29 bits per heavy atom. The van der Waals surface area contributed by atoms with Crippen LogP contribution in [0.3, 0.4) is 0 Å². The number of halogens is 1. The van der Waals surface area contributed by atoms with E-state index in [1.54, 1.807) is 6.07 Å². The first kappa shape index (κ1) is 16.1. The van der Waals surface area contributed by atoms with Gasteiger partial charge in [0.25, 0.3) is 0 Å². The fourth-order valence-corrected chi connectivity index (χ4v) is 2.10. The van der Waals surface area contributed by atoms with Gasteiger partial charge in [0.1, 0.15) is 5.82 Å². The van der Waals surface area contributed by atoms with Gasteiger partial charge in [0.15, 0.2) is 0 Å². The third-order valence-electron chi connectivity index (χ3n) is 2.70. The van der Waals surface area contributed by atoms with Crippen molar-refractivity contribution in [1.82, 2.24) is 0 Å². The summed E-state index contributed by atoms with van der Waals surface area (Å²) in [6.07, 6.45) is 3.41. The first-order valence-electron chi connectivity index (χ1n) is 6.89. The van der Waals surface area contributed by atoms with Crippen molar-refractivity contribution in [2.45, 2.75) is 66.7 Å². The Morgan fingerprint density at radius 1 is 1.24 bits per heavy atom. The molecule has 0 nitrogen and oxygen atoms in total. The number of hydrogen-bond acceptors (Lipinski definition) is 0. The Bertz CT molecular complexity index is 329. The molecule has 1 aliphatic rings. The number of benzene rings is 1. The van der Waals surface area contributed by atoms with Crippen LogP contribution in [-0.2, 0) is 6.42 Å². The van der Waals surface area contributed by atoms with Crippen LogP contribution >= 0.6 is 0 Å². The van der Waals surface area contributed by atoms with E-state index in [-0.39, 0.29) is 5.82 Å². The average molecular weight is 238 g/mol. The fourth-order valence-electron chi connectivity index (χ4n) is 2.10. The summed E-state index contributed by atoms with van der Waals surface area (Å²) in [6.45, 7) is 12.3. The lowest BCUT2D eigenvalue weighted by atomic mass is 10.0. The predicted octanol–water partition coefficient (Wildman–Crippen LogP) is 5.63. The molecule has 2 rings (SSSR count). The largest absolute Gasteiger partial charge is 0.207 e. The molecule has 0 spiro atoms. The summed E-state index contributed by atoms with van der Waals surface area (Å²) in [7, 11) is 0. The standard InChI is InChI=1S/C11H13F.C3H8.C2H6/c1-7-5-9-4-3-8(2)11(9)10(12)6-7;1-3-2;1-2/h5-6,8H,3-4H2,1-2H3;3H2,1-2H3;1-2H3. The van der Waals surface area contributed by atoms with E-state index in [1.165, 1.54) is 12.0 Å². The Balaban J connectivity index is 0.000000450. The van der Waals surface area contributed by atoms with Crippen LogP contribution < -0.4 is 0 Å². The lowest BCUT2D eigenvalue weighted by Crippen LogP contribution is -1.93. The molecule has 1 aliphatic carbocycles. The summed E-state index contributed by atoms with van der Waals surface area (Å²) in [4.78, 5) is 0. The summed E-state index contributed by atoms with van der Waals surface area (Å²) in [5.41, 5.74) is 3.22. The van der Waals surface area contributed by atoms with Crippen LogP contribution in [-0.4, -0.2) is 0 Å². The molecular weight excluding hydrogens is 211 g/mol. The van der Waals surface area contributed by atoms with Gasteiger partial charge in [0, 0.05) is 0 Å². The SMILES string of the molecule is CC.CCC.Cc1cc(F)c2c(c1)CCC2C. The van der Waals surface area contributed by atoms with Gasteiger partial charge in [-0.1, -0.05) is 47.1 Å². The van der Waals surface area contributed by atoms with Crippen molar-refractivity contribution in [1.29, 1.82) is 0 Å². The molecule has 0 amide bonds. The second kappa shape index (κ2) is 8.27. The Hall–Kier alpha value is -0.850. The number of rotatable bonds is 0. The highest BCUT2D eigenvalue weighted by atomic mass is 19.1. The normalized spacial score (nSPS) is 16.3. The molecule has 0 aliphatic heterocycles. The zero-order chi connectivity index (χ0) is 13.4. The molecule has 0 aromatic heterocycles. The minimum Gasteiger partial charge on any atom is -0.207 e. The van der Waals surface area contributed by atoms with Gasteiger partial charge >= 0.3 is 0 Å². The Kier molecular flexibility index (Phi) is 7.86. The van der Waals surface area contributed by atoms with Crippen molar-refractivity contribution in [2.24, 2.45) is 0 Å². The second-order valence-electron chi connectivity index (χ2n) is 4.47. The molecule has 1 atom stereocenters. The van der Waals surface area contributed by atoms with Crippen LogP contribution in [0.5, 0.6) is 0 Å². The minimum atomic E-state index is -0.00463. The molecule has 98 valence electrons. The van der Waals surface area contributed by atoms with Gasteiger partial charge in [-0.05, 0) is 48.4 Å². The molecule has 0 radical (unpaired) electrons. The Labute approximate surface area is 106 Å². The van der Waals surface area contributed by atoms with Crippen molar-refractivity contribution >= 4 is 0 Å². The summed E-state index contributed by atoms with van der Waals surface area (Å²) < 4.78 is 13.4. The highest BCUT2D eigenvalue weighted by molar-refractivity contribution is 5.38. The number of aryl methyl sites for hydroxylation is 2. The van der Waals surface area contributed by atoms with E-state index in [9.17, 15) is 4.39 Å². The maximum Gasteiger partial charge on any atom is 0.127 e. The van der Waals surface area contributed by atoms with Crippen LogP contribution in [0, 0.1) is 12.7 Å². The minimum absolute atomic E-state index is 0.00463. The quantitative estimate of drug-likeness (QED) is 0.549. The van der Waals surface area contributed by atoms with Crippen LogP contribution in [0.15, 0.2) is 12.1 Å². The third-order valence-corrected chi connectivity index (χ3v) is 2.70. The third kappa shape index (κ3) is 4.49. The maximum atomic E-state index is 13.4. The van der Waals surface area contributed by atoms with Gasteiger partial charge in [-0.3, -0.25) is 0 Å². The number of fused-ring (bicyclic) bond motifs is 1. The summed E-state index contributed by atoms with van der Waals surface area (Å²) >= 11 is 0. The molecule has 0 saturated carbocycles. The Morgan fingerprint density at radius 2 is 1.76 bits per heavy atom. The predicted molar refractivity (Wildman–Crippen MR) is 75.2 cm³/mol. The van der Waals surface area contributed by atoms with Gasteiger partial charge in [-0.25, -0.2) is 4.39 Å². The molecule has 0 heterocycles. The van der Waals surface area contributed by atoms with E-state index in [1.807, 2.05) is 20.8 Å². The van der Waals surface area contributed by atoms with Gasteiger partial charge in [-0.2, -0.15) is 0 Å². The van der Waals surface area contributed by atoms with Crippen LogP contribution in [0.2, 0.25) is 0 Å². The van der Waals surface area contributed by atoms with Crippen LogP contribution in [0.25, 0.3) is 0 Å². The average Bonchev–Trinajstić information content (AvgIpc) is 2.64. The summed E-state index contributed by atoms with van der Waals surface area (Å²) in [5.74, 6) is 0.413. The van der Waals surface area contributed by atoms with Gasteiger partial charge in [0.05, 0.1) is 0 Å². The molecule has 0 fully saturated rings. The zero-order valence-corrected chi connectivity index (χ0v) is 12.2.